The van der Waals surface area contributed by atoms with Crippen LogP contribution in [0.25, 0.3) is 0 Å². The van der Waals surface area contributed by atoms with Crippen molar-refractivity contribution in [3.05, 3.63) is 0 Å². The maximum atomic E-state index is 7.85. The molecule has 0 heterocycles. The van der Waals surface area contributed by atoms with E-state index >= 15 is 0 Å². The van der Waals surface area contributed by atoms with Crippen LogP contribution in [-0.4, -0.2) is 111 Å². The van der Waals surface area contributed by atoms with Gasteiger partial charge in [-0.25, -0.2) is 0 Å². The average Bonchev–Trinajstić information content (AvgIpc) is 1.35. The molecule has 0 aromatic carbocycles. The minimum atomic E-state index is -4.13. The van der Waals surface area contributed by atoms with Crippen LogP contribution in [0.3, 0.4) is 0 Å². The second kappa shape index (κ2) is 7.80. The van der Waals surface area contributed by atoms with Gasteiger partial charge in [0.1, 0.15) is 0 Å². The Hall–Kier alpha value is 2.69. The zero-order chi connectivity index (χ0) is 5.21. The first-order valence-electron chi connectivity index (χ1n) is 1.28. The zero-order valence-corrected chi connectivity index (χ0v) is 4.25. The van der Waals surface area contributed by atoms with Crippen molar-refractivity contribution >= 4 is 90.0 Å². The van der Waals surface area contributed by atoms with E-state index in [1.54, 1.807) is 0 Å². The standard InChI is InChI=1S/CH6O4Si.K.Na.2H/c1-5-6(2,3)4;;;;/h2-4H,1H3;;;;. The molecule has 0 rings (SSSR count). The molecule has 0 bridgehead atoms. The first-order valence-corrected chi connectivity index (χ1v) is 3.03. The summed E-state index contributed by atoms with van der Waals surface area (Å²) in [7, 11) is -3.11. The molecule has 0 aliphatic heterocycles. The van der Waals surface area contributed by atoms with E-state index in [4.69, 9.17) is 14.4 Å². The second-order valence-corrected chi connectivity index (χ2v) is 2.33. The summed E-state index contributed by atoms with van der Waals surface area (Å²) in [4.78, 5) is 23.6. The van der Waals surface area contributed by atoms with Crippen LogP contribution < -0.4 is 0 Å². The molecule has 7 heteroatoms. The summed E-state index contributed by atoms with van der Waals surface area (Å²) in [6, 6.07) is 0. The molecule has 0 fully saturated rings. The molecular formula is CH8KNaO4Si. The van der Waals surface area contributed by atoms with Crippen molar-refractivity contribution in [1.29, 1.82) is 0 Å². The monoisotopic (exact) mass is 174 g/mol. The summed E-state index contributed by atoms with van der Waals surface area (Å²) in [6.45, 7) is 0. The molecule has 4 nitrogen and oxygen atoms in total. The molecule has 0 aliphatic carbocycles. The molecule has 0 aromatic heterocycles. The molecule has 0 spiro atoms. The van der Waals surface area contributed by atoms with Crippen molar-refractivity contribution in [3.8, 4) is 0 Å². The van der Waals surface area contributed by atoms with Gasteiger partial charge in [0.2, 0.25) is 0 Å². The van der Waals surface area contributed by atoms with E-state index in [9.17, 15) is 0 Å². The SMILES string of the molecule is CO[Si](O)(O)O.[KH].[NaH]. The normalized spacial score (nSPS) is 9.00. The van der Waals surface area contributed by atoms with Crippen LogP contribution in [0.4, 0.5) is 0 Å². The van der Waals surface area contributed by atoms with Crippen LogP contribution in [0, 0.1) is 0 Å². The maximum absolute atomic E-state index is 7.85. The average molecular weight is 174 g/mol. The Bertz CT molecular complexity index is 45.8. The van der Waals surface area contributed by atoms with E-state index < -0.39 is 9.05 Å². The zero-order valence-electron chi connectivity index (χ0n) is 3.25. The quantitative estimate of drug-likeness (QED) is 0.365. The van der Waals surface area contributed by atoms with E-state index in [1.165, 1.54) is 0 Å². The number of hydrogen-bond donors (Lipinski definition) is 3. The summed E-state index contributed by atoms with van der Waals surface area (Å²) in [5.74, 6) is 0. The fourth-order valence-corrected chi connectivity index (χ4v) is 0. The molecule has 0 atom stereocenters. The van der Waals surface area contributed by atoms with Gasteiger partial charge >= 0.3 is 90.0 Å². The fraction of sp³-hybridized carbons (Fsp3) is 1.00. The predicted molar refractivity (Wildman–Crippen MR) is 33.7 cm³/mol. The van der Waals surface area contributed by atoms with Gasteiger partial charge in [-0.2, -0.15) is 0 Å². The van der Waals surface area contributed by atoms with Crippen LogP contribution in [0.15, 0.2) is 0 Å². The topological polar surface area (TPSA) is 69.9 Å². The van der Waals surface area contributed by atoms with Gasteiger partial charge in [0.25, 0.3) is 0 Å². The fourth-order valence-electron chi connectivity index (χ4n) is 0. The third kappa shape index (κ3) is 15.9. The van der Waals surface area contributed by atoms with E-state index in [0.717, 1.165) is 7.11 Å². The molecule has 8 heavy (non-hydrogen) atoms. The molecule has 0 saturated carbocycles. The van der Waals surface area contributed by atoms with Crippen molar-refractivity contribution in [3.63, 3.8) is 0 Å². The van der Waals surface area contributed by atoms with Gasteiger partial charge in [-0.05, 0) is 0 Å². The van der Waals surface area contributed by atoms with Gasteiger partial charge in [-0.1, -0.05) is 0 Å². The van der Waals surface area contributed by atoms with Gasteiger partial charge in [0, 0.05) is 7.11 Å². The number of hydrogen-bond acceptors (Lipinski definition) is 4. The van der Waals surface area contributed by atoms with E-state index in [-0.39, 0.29) is 80.9 Å². The second-order valence-electron chi connectivity index (χ2n) is 0.778. The van der Waals surface area contributed by atoms with Crippen molar-refractivity contribution in [2.75, 3.05) is 7.11 Å². The molecule has 0 saturated heterocycles. The summed E-state index contributed by atoms with van der Waals surface area (Å²) >= 11 is 0. The van der Waals surface area contributed by atoms with Gasteiger partial charge in [-0.15, -0.1) is 0 Å². The third-order valence-electron chi connectivity index (χ3n) is 0.274. The summed E-state index contributed by atoms with van der Waals surface area (Å²) in [6.07, 6.45) is 0. The molecule has 0 radical (unpaired) electrons. The molecule has 0 unspecified atom stereocenters. The van der Waals surface area contributed by atoms with Crippen LogP contribution in [0.5, 0.6) is 0 Å². The van der Waals surface area contributed by atoms with E-state index in [0.29, 0.717) is 0 Å². The van der Waals surface area contributed by atoms with Crippen LogP contribution in [0.2, 0.25) is 0 Å². The molecule has 42 valence electrons. The molecule has 3 N–H and O–H groups in total. The predicted octanol–water partition coefficient (Wildman–Crippen LogP) is -3.25. The van der Waals surface area contributed by atoms with Crippen LogP contribution in [0.1, 0.15) is 0 Å². The van der Waals surface area contributed by atoms with Crippen molar-refractivity contribution < 1.29 is 18.8 Å². The molecule has 0 amide bonds. The Morgan fingerprint density at radius 2 is 1.38 bits per heavy atom. The molecular weight excluding hydrogens is 166 g/mol. The first-order chi connectivity index (χ1) is 2.56. The van der Waals surface area contributed by atoms with Crippen molar-refractivity contribution in [2.24, 2.45) is 0 Å². The summed E-state index contributed by atoms with van der Waals surface area (Å²) in [5, 5.41) is 0. The third-order valence-corrected chi connectivity index (χ3v) is 0.822. The summed E-state index contributed by atoms with van der Waals surface area (Å²) < 4.78 is 3.74. The minimum absolute atomic E-state index is 0. The van der Waals surface area contributed by atoms with Crippen molar-refractivity contribution in [1.82, 2.24) is 0 Å². The van der Waals surface area contributed by atoms with Gasteiger partial charge in [-0.3, -0.25) is 0 Å². The van der Waals surface area contributed by atoms with Gasteiger partial charge < -0.3 is 18.8 Å². The van der Waals surface area contributed by atoms with E-state index in [1.807, 2.05) is 0 Å². The Labute approximate surface area is 113 Å². The Morgan fingerprint density at radius 1 is 1.25 bits per heavy atom. The van der Waals surface area contributed by atoms with Crippen LogP contribution >= 0.6 is 0 Å². The molecule has 0 aliphatic rings. The van der Waals surface area contributed by atoms with Crippen LogP contribution in [-0.2, 0) is 4.43 Å². The Balaban J connectivity index is -0.000000125. The van der Waals surface area contributed by atoms with E-state index in [2.05, 4.69) is 4.43 Å². The number of rotatable bonds is 1. The Morgan fingerprint density at radius 3 is 1.38 bits per heavy atom. The Kier molecular flexibility index (Phi) is 16.5. The van der Waals surface area contributed by atoms with Gasteiger partial charge in [0.05, 0.1) is 0 Å². The van der Waals surface area contributed by atoms with Crippen molar-refractivity contribution in [2.45, 2.75) is 0 Å². The molecule has 0 aromatic rings. The van der Waals surface area contributed by atoms with Gasteiger partial charge in [0.15, 0.2) is 0 Å². The first kappa shape index (κ1) is 17.0. The summed E-state index contributed by atoms with van der Waals surface area (Å²) in [5.41, 5.74) is 0.